The van der Waals surface area contributed by atoms with E-state index in [0.29, 0.717) is 10.6 Å². The van der Waals surface area contributed by atoms with Gasteiger partial charge in [0.2, 0.25) is 12.3 Å². The number of nitrogens with zero attached hydrogens (tertiary/aromatic N) is 1. The van der Waals surface area contributed by atoms with Crippen molar-refractivity contribution >= 4 is 29.6 Å². The lowest BCUT2D eigenvalue weighted by molar-refractivity contribution is -0.596. The van der Waals surface area contributed by atoms with Crippen molar-refractivity contribution in [1.82, 2.24) is 10.7 Å². The number of hydrazone groups is 1. The molecule has 0 aliphatic carbocycles. The Labute approximate surface area is 191 Å². The zero-order valence-corrected chi connectivity index (χ0v) is 18.5. The molecule has 1 heterocycles. The van der Waals surface area contributed by atoms with Crippen molar-refractivity contribution in [3.8, 4) is 5.75 Å². The van der Waals surface area contributed by atoms with Crippen molar-refractivity contribution in [2.24, 2.45) is 0 Å². The maximum absolute atomic E-state index is 12.9. The van der Waals surface area contributed by atoms with E-state index in [4.69, 9.17) is 16.3 Å². The van der Waals surface area contributed by atoms with Crippen molar-refractivity contribution in [2.45, 2.75) is 19.0 Å². The molecular formula is C25H23ClN3O3+. The highest BCUT2D eigenvalue weighted by Crippen LogP contribution is 2.27. The van der Waals surface area contributed by atoms with Crippen LogP contribution in [0.3, 0.4) is 0 Å². The van der Waals surface area contributed by atoms with Crippen LogP contribution in [0.2, 0.25) is 5.02 Å². The Bertz CT molecular complexity index is 1160. The Morgan fingerprint density at radius 2 is 1.69 bits per heavy atom. The number of rotatable bonds is 5. The van der Waals surface area contributed by atoms with E-state index in [1.807, 2.05) is 61.7 Å². The third-order valence-electron chi connectivity index (χ3n) is 5.35. The molecule has 0 aromatic heterocycles. The summed E-state index contributed by atoms with van der Waals surface area (Å²) in [6.45, 7) is 1.95. The van der Waals surface area contributed by atoms with Crippen LogP contribution in [-0.4, -0.2) is 35.9 Å². The molecule has 1 saturated heterocycles. The standard InChI is InChI=1S/C25H22ClN3O3/c1-16-3-7-19(8-4-16)24(30)27-22-23(18-9-11-20(26)12-10-18)29(28-25(22)31)15-17-5-13-21(32-2)14-6-17/h3-15,22-23H,1-2H3,(H-,27,28,30,31)/p+1/b29-15-/t22-,23+/m0/s1. The number of hydrazine groups is 1. The lowest BCUT2D eigenvalue weighted by Crippen LogP contribution is -2.42. The Kier molecular flexibility index (Phi) is 6.23. The summed E-state index contributed by atoms with van der Waals surface area (Å²) in [7, 11) is 1.61. The Morgan fingerprint density at radius 3 is 2.31 bits per heavy atom. The predicted molar refractivity (Wildman–Crippen MR) is 123 cm³/mol. The second-order valence-electron chi connectivity index (χ2n) is 7.60. The number of carbonyl (C=O) groups excluding carboxylic acids is 2. The molecule has 0 saturated carbocycles. The molecule has 0 bridgehead atoms. The first-order chi connectivity index (χ1) is 15.4. The van der Waals surface area contributed by atoms with Crippen molar-refractivity contribution in [3.05, 3.63) is 100 Å². The predicted octanol–water partition coefficient (Wildman–Crippen LogP) is 3.67. The zero-order valence-electron chi connectivity index (χ0n) is 17.7. The molecule has 2 amide bonds. The van der Waals surface area contributed by atoms with Crippen LogP contribution in [0.15, 0.2) is 72.8 Å². The third-order valence-corrected chi connectivity index (χ3v) is 5.61. The first kappa shape index (κ1) is 21.6. The Hall–Kier alpha value is -3.64. The third kappa shape index (κ3) is 4.65. The van der Waals surface area contributed by atoms with Gasteiger partial charge in [-0.1, -0.05) is 41.4 Å². The maximum atomic E-state index is 12.9. The second kappa shape index (κ2) is 9.24. The normalized spacial score (nSPS) is 19.0. The number of ether oxygens (including phenoxy) is 1. The van der Waals surface area contributed by atoms with Gasteiger partial charge in [-0.05, 0) is 55.5 Å². The molecule has 0 radical (unpaired) electrons. The molecule has 2 N–H and O–H groups in total. The molecule has 4 rings (SSSR count). The summed E-state index contributed by atoms with van der Waals surface area (Å²) in [6, 6.07) is 20.7. The first-order valence-electron chi connectivity index (χ1n) is 10.2. The van der Waals surface area contributed by atoms with Crippen LogP contribution < -0.4 is 15.5 Å². The molecule has 1 aliphatic rings. The molecule has 1 aliphatic heterocycles. The average Bonchev–Trinajstić information content (AvgIpc) is 3.09. The van der Waals surface area contributed by atoms with Crippen LogP contribution in [-0.2, 0) is 4.79 Å². The van der Waals surface area contributed by atoms with E-state index >= 15 is 0 Å². The number of amides is 2. The summed E-state index contributed by atoms with van der Waals surface area (Å²) in [5, 5.41) is 3.49. The summed E-state index contributed by atoms with van der Waals surface area (Å²) in [4.78, 5) is 25.8. The smallest absolute Gasteiger partial charge is 0.304 e. The van der Waals surface area contributed by atoms with Crippen LogP contribution >= 0.6 is 11.6 Å². The molecule has 0 unspecified atom stereocenters. The number of hydrogen-bond acceptors (Lipinski definition) is 3. The number of hydrogen-bond donors (Lipinski definition) is 2. The van der Waals surface area contributed by atoms with E-state index in [0.717, 1.165) is 22.4 Å². The van der Waals surface area contributed by atoms with Crippen LogP contribution in [0.4, 0.5) is 0 Å². The minimum Gasteiger partial charge on any atom is -0.497 e. The summed E-state index contributed by atoms with van der Waals surface area (Å²) in [5.41, 5.74) is 6.13. The fraction of sp³-hybridized carbons (Fsp3) is 0.160. The molecule has 2 atom stereocenters. The number of methoxy groups -OCH3 is 1. The summed E-state index contributed by atoms with van der Waals surface area (Å²) >= 11 is 6.07. The van der Waals surface area contributed by atoms with Gasteiger partial charge in [0.15, 0.2) is 6.04 Å². The fourth-order valence-corrected chi connectivity index (χ4v) is 3.75. The van der Waals surface area contributed by atoms with Crippen LogP contribution in [0, 0.1) is 6.92 Å². The minimum absolute atomic E-state index is 0.296. The number of aryl methyl sites for hydroxylation is 1. The van der Waals surface area contributed by atoms with Crippen molar-refractivity contribution in [1.29, 1.82) is 0 Å². The fourth-order valence-electron chi connectivity index (χ4n) is 3.62. The van der Waals surface area contributed by atoms with Gasteiger partial charge in [0, 0.05) is 21.7 Å². The zero-order chi connectivity index (χ0) is 22.7. The number of benzene rings is 3. The SMILES string of the molecule is COc1ccc(/C=[N+]2\NC(=O)[C@@H](NC(=O)c3ccc(C)cc3)[C@H]2c2ccc(Cl)cc2)cc1. The van der Waals surface area contributed by atoms with Gasteiger partial charge in [-0.25, -0.2) is 0 Å². The van der Waals surface area contributed by atoms with E-state index in [1.165, 1.54) is 0 Å². The molecule has 6 nitrogen and oxygen atoms in total. The molecule has 0 spiro atoms. The lowest BCUT2D eigenvalue weighted by atomic mass is 9.99. The maximum Gasteiger partial charge on any atom is 0.304 e. The minimum atomic E-state index is -0.792. The highest BCUT2D eigenvalue weighted by molar-refractivity contribution is 6.30. The largest absolute Gasteiger partial charge is 0.497 e. The van der Waals surface area contributed by atoms with Gasteiger partial charge < -0.3 is 10.1 Å². The molecule has 1 fully saturated rings. The molecule has 3 aromatic rings. The highest BCUT2D eigenvalue weighted by atomic mass is 35.5. The Balaban J connectivity index is 1.68. The average molecular weight is 449 g/mol. The van der Waals surface area contributed by atoms with Gasteiger partial charge in [-0.15, -0.1) is 10.1 Å². The van der Waals surface area contributed by atoms with Crippen LogP contribution in [0.1, 0.15) is 33.1 Å². The quantitative estimate of drug-likeness (QED) is 0.585. The van der Waals surface area contributed by atoms with Crippen molar-refractivity contribution in [3.63, 3.8) is 0 Å². The van der Waals surface area contributed by atoms with Gasteiger partial charge in [0.05, 0.1) is 7.11 Å². The van der Waals surface area contributed by atoms with Crippen molar-refractivity contribution < 1.29 is 19.0 Å². The Morgan fingerprint density at radius 1 is 1.03 bits per heavy atom. The summed E-state index contributed by atoms with van der Waals surface area (Å²) in [6.07, 6.45) is 1.83. The van der Waals surface area contributed by atoms with Gasteiger partial charge in [-0.3, -0.25) is 9.59 Å². The number of nitrogens with one attached hydrogen (secondary N) is 2. The van der Waals surface area contributed by atoms with Crippen LogP contribution in [0.25, 0.3) is 0 Å². The van der Waals surface area contributed by atoms with E-state index in [9.17, 15) is 9.59 Å². The monoisotopic (exact) mass is 448 g/mol. The number of carbonyl (C=O) groups is 2. The van der Waals surface area contributed by atoms with Gasteiger partial charge in [0.25, 0.3) is 5.91 Å². The number of halogens is 1. The van der Waals surface area contributed by atoms with E-state index in [2.05, 4.69) is 10.7 Å². The first-order valence-corrected chi connectivity index (χ1v) is 10.5. The second-order valence-corrected chi connectivity index (χ2v) is 8.04. The van der Waals surface area contributed by atoms with E-state index < -0.39 is 12.1 Å². The molecule has 3 aromatic carbocycles. The molecular weight excluding hydrogens is 426 g/mol. The van der Waals surface area contributed by atoms with Gasteiger partial charge >= 0.3 is 5.91 Å². The van der Waals surface area contributed by atoms with Gasteiger partial charge in [0.1, 0.15) is 5.75 Å². The van der Waals surface area contributed by atoms with Crippen molar-refractivity contribution in [2.75, 3.05) is 7.11 Å². The molecule has 162 valence electrons. The van der Waals surface area contributed by atoms with E-state index in [1.54, 1.807) is 36.1 Å². The van der Waals surface area contributed by atoms with E-state index in [-0.39, 0.29) is 11.8 Å². The highest BCUT2D eigenvalue weighted by Gasteiger charge is 2.47. The lowest BCUT2D eigenvalue weighted by Gasteiger charge is -2.15. The molecule has 7 heteroatoms. The van der Waals surface area contributed by atoms with Gasteiger partial charge in [-0.2, -0.15) is 0 Å². The topological polar surface area (TPSA) is 70.4 Å². The van der Waals surface area contributed by atoms with Crippen LogP contribution in [0.5, 0.6) is 5.75 Å². The summed E-state index contributed by atoms with van der Waals surface area (Å²) in [5.74, 6) is 0.135. The summed E-state index contributed by atoms with van der Waals surface area (Å²) < 4.78 is 6.93. The molecule has 32 heavy (non-hydrogen) atoms.